The number of carbonyl (C=O) groups is 3. The zero-order valence-electron chi connectivity index (χ0n) is 22.4. The number of nitrogens with zero attached hydrogens (tertiary/aromatic N) is 4. The molecule has 2 aromatic heterocycles. The minimum atomic E-state index is -5.08. The number of likely N-dealkylation sites (tertiary alicyclic amines) is 2. The van der Waals surface area contributed by atoms with Gasteiger partial charge in [-0.3, -0.25) is 9.80 Å². The lowest BCUT2D eigenvalue weighted by molar-refractivity contribution is -0.193. The van der Waals surface area contributed by atoms with Gasteiger partial charge in [-0.25, -0.2) is 24.4 Å². The summed E-state index contributed by atoms with van der Waals surface area (Å²) in [6.07, 6.45) is -11.6. The van der Waals surface area contributed by atoms with Gasteiger partial charge >= 0.3 is 36.4 Å². The molecule has 2 fully saturated rings. The smallest absolute Gasteiger partial charge is 0.481 e. The van der Waals surface area contributed by atoms with Crippen molar-refractivity contribution < 1.29 is 74.0 Å². The molecule has 0 bridgehead atoms. The molecule has 2 aliphatic rings. The second-order valence-corrected chi connectivity index (χ2v) is 9.89. The zero-order valence-corrected chi connectivity index (χ0v) is 23.2. The van der Waals surface area contributed by atoms with Crippen LogP contribution in [-0.2, 0) is 27.5 Å². The molecule has 44 heavy (non-hydrogen) atoms. The van der Waals surface area contributed by atoms with E-state index < -0.39 is 36.4 Å². The topological polar surface area (TPSA) is 153 Å². The number of thiazole rings is 1. The summed E-state index contributed by atoms with van der Waals surface area (Å²) in [6.45, 7) is 6.71. The van der Waals surface area contributed by atoms with Gasteiger partial charge in [0.2, 0.25) is 5.88 Å². The normalized spacial score (nSPS) is 18.4. The van der Waals surface area contributed by atoms with Gasteiger partial charge in [0.25, 0.3) is 0 Å². The molecule has 4 rings (SSSR count). The number of alkyl halides is 9. The Morgan fingerprint density at radius 1 is 0.795 bits per heavy atom. The number of carboxylic acid groups (broad SMARTS) is 3. The molecule has 0 spiro atoms. The number of hydrogen-bond acceptors (Lipinski definition) is 9. The third-order valence-electron chi connectivity index (χ3n) is 5.64. The first-order valence-corrected chi connectivity index (χ1v) is 12.7. The maximum atomic E-state index is 10.6. The predicted molar refractivity (Wildman–Crippen MR) is 132 cm³/mol. The Bertz CT molecular complexity index is 1140. The summed E-state index contributed by atoms with van der Waals surface area (Å²) < 4.78 is 101. The van der Waals surface area contributed by atoms with Gasteiger partial charge in [-0.1, -0.05) is 6.07 Å². The second kappa shape index (κ2) is 16.4. The molecule has 11 nitrogen and oxygen atoms in total. The van der Waals surface area contributed by atoms with E-state index in [4.69, 9.17) is 34.4 Å². The van der Waals surface area contributed by atoms with E-state index in [2.05, 4.69) is 31.2 Å². The maximum Gasteiger partial charge on any atom is 0.490 e. The molecule has 0 aliphatic carbocycles. The van der Waals surface area contributed by atoms with Crippen LogP contribution in [0, 0.1) is 11.8 Å². The Hall–Kier alpha value is -3.72. The van der Waals surface area contributed by atoms with Crippen molar-refractivity contribution >= 4 is 29.2 Å². The molecular formula is C23H25F9N4O7S. The number of halogens is 9. The van der Waals surface area contributed by atoms with E-state index in [9.17, 15) is 39.5 Å². The molecule has 248 valence electrons. The summed E-state index contributed by atoms with van der Waals surface area (Å²) in [4.78, 5) is 40.5. The van der Waals surface area contributed by atoms with E-state index in [0.29, 0.717) is 0 Å². The van der Waals surface area contributed by atoms with Gasteiger partial charge < -0.3 is 20.1 Å². The molecule has 3 N–H and O–H groups in total. The Labute approximate surface area is 246 Å². The largest absolute Gasteiger partial charge is 0.490 e. The average molecular weight is 673 g/mol. The summed E-state index contributed by atoms with van der Waals surface area (Å²) in [5.74, 6) is -5.93. The number of aromatic nitrogens is 2. The number of hydrogen-bond donors (Lipinski definition) is 3. The minimum absolute atomic E-state index is 0.759. The van der Waals surface area contributed by atoms with Crippen LogP contribution in [0.25, 0.3) is 0 Å². The molecular weight excluding hydrogens is 647 g/mol. The van der Waals surface area contributed by atoms with Crippen LogP contribution < -0.4 is 4.74 Å². The van der Waals surface area contributed by atoms with Crippen molar-refractivity contribution in [2.75, 3.05) is 33.3 Å². The molecule has 21 heteroatoms. The zero-order chi connectivity index (χ0) is 33.9. The van der Waals surface area contributed by atoms with Gasteiger partial charge in [0, 0.05) is 56.1 Å². The van der Waals surface area contributed by atoms with Crippen LogP contribution in [0.4, 0.5) is 39.5 Å². The third kappa shape index (κ3) is 13.7. The lowest BCUT2D eigenvalue weighted by Crippen LogP contribution is -2.28. The number of fused-ring (bicyclic) bond motifs is 1. The van der Waals surface area contributed by atoms with Crippen LogP contribution in [0.15, 0.2) is 29.9 Å². The number of methoxy groups -OCH3 is 1. The van der Waals surface area contributed by atoms with Crippen LogP contribution in [0.2, 0.25) is 0 Å². The highest BCUT2D eigenvalue weighted by Crippen LogP contribution is 2.33. The summed E-state index contributed by atoms with van der Waals surface area (Å²) in [5.41, 5.74) is 1.19. The Morgan fingerprint density at radius 2 is 1.20 bits per heavy atom. The molecule has 0 radical (unpaired) electrons. The summed E-state index contributed by atoms with van der Waals surface area (Å²) in [7, 11) is 1.70. The Morgan fingerprint density at radius 3 is 1.55 bits per heavy atom. The van der Waals surface area contributed by atoms with Gasteiger partial charge in [-0.2, -0.15) is 39.5 Å². The molecule has 0 aromatic carbocycles. The average Bonchev–Trinajstić information content (AvgIpc) is 3.61. The molecule has 2 aliphatic heterocycles. The van der Waals surface area contributed by atoms with Crippen molar-refractivity contribution in [2.24, 2.45) is 11.8 Å². The highest BCUT2D eigenvalue weighted by atomic mass is 32.1. The van der Waals surface area contributed by atoms with Crippen molar-refractivity contribution in [3.8, 4) is 5.88 Å². The van der Waals surface area contributed by atoms with Crippen molar-refractivity contribution in [3.05, 3.63) is 40.5 Å². The van der Waals surface area contributed by atoms with Crippen LogP contribution in [0.5, 0.6) is 5.88 Å². The van der Waals surface area contributed by atoms with Crippen molar-refractivity contribution in [3.63, 3.8) is 0 Å². The molecule has 4 heterocycles. The number of pyridine rings is 1. The van der Waals surface area contributed by atoms with Crippen molar-refractivity contribution in [1.29, 1.82) is 0 Å². The number of rotatable bonds is 5. The first kappa shape index (κ1) is 38.3. The van der Waals surface area contributed by atoms with Gasteiger partial charge in [-0.15, -0.1) is 11.3 Å². The SMILES string of the molecule is COc1ncccc1CN1C[C@H]2CN(Cc3nccs3)C[C@H]2C1.O=C(O)C(F)(F)F.O=C(O)C(F)(F)F.O=C(O)C(F)(F)F. The molecule has 2 saturated heterocycles. The van der Waals surface area contributed by atoms with Gasteiger partial charge in [-0.05, 0) is 17.9 Å². The van der Waals surface area contributed by atoms with E-state index in [1.807, 2.05) is 12.3 Å². The fourth-order valence-electron chi connectivity index (χ4n) is 3.94. The lowest BCUT2D eigenvalue weighted by Gasteiger charge is -2.21. The summed E-state index contributed by atoms with van der Waals surface area (Å²) in [6, 6.07) is 4.11. The van der Waals surface area contributed by atoms with E-state index >= 15 is 0 Å². The van der Waals surface area contributed by atoms with Crippen LogP contribution >= 0.6 is 11.3 Å². The Kier molecular flexibility index (Phi) is 14.3. The first-order chi connectivity index (χ1) is 20.1. The lowest BCUT2D eigenvalue weighted by atomic mass is 10.0. The first-order valence-electron chi connectivity index (χ1n) is 11.9. The van der Waals surface area contributed by atoms with E-state index in [-0.39, 0.29) is 0 Å². The van der Waals surface area contributed by atoms with Crippen LogP contribution in [0.3, 0.4) is 0 Å². The fraction of sp³-hybridized carbons (Fsp3) is 0.522. The van der Waals surface area contributed by atoms with Crippen LogP contribution in [-0.4, -0.2) is 105 Å². The number of carboxylic acids is 3. The quantitative estimate of drug-likeness (QED) is 0.395. The van der Waals surface area contributed by atoms with Crippen molar-refractivity contribution in [1.82, 2.24) is 19.8 Å². The molecule has 0 unspecified atom stereocenters. The highest BCUT2D eigenvalue weighted by molar-refractivity contribution is 7.09. The third-order valence-corrected chi connectivity index (χ3v) is 6.41. The molecule has 2 atom stereocenters. The number of ether oxygens (including phenoxy) is 1. The summed E-state index contributed by atoms with van der Waals surface area (Å²) in [5, 5.41) is 24.7. The maximum absolute atomic E-state index is 10.6. The second-order valence-electron chi connectivity index (χ2n) is 8.91. The monoisotopic (exact) mass is 672 g/mol. The molecule has 2 aromatic rings. The highest BCUT2D eigenvalue weighted by Gasteiger charge is 2.41. The molecule has 0 saturated carbocycles. The van der Waals surface area contributed by atoms with E-state index in [0.717, 1.165) is 30.8 Å². The van der Waals surface area contributed by atoms with E-state index in [1.54, 1.807) is 24.6 Å². The van der Waals surface area contributed by atoms with Gasteiger partial charge in [0.15, 0.2) is 0 Å². The number of aliphatic carboxylic acids is 3. The Balaban J connectivity index is 0.000000379. The fourth-order valence-corrected chi connectivity index (χ4v) is 4.59. The van der Waals surface area contributed by atoms with E-state index in [1.165, 1.54) is 36.8 Å². The van der Waals surface area contributed by atoms with Gasteiger partial charge in [0.05, 0.1) is 13.7 Å². The van der Waals surface area contributed by atoms with Gasteiger partial charge in [0.1, 0.15) is 5.01 Å². The standard InChI is InChI=1S/C17H22N4OS.3C2HF3O2/c1-22-17-13(3-2-4-19-17)7-20-8-14-10-21(11-15(14)9-20)12-16-18-5-6-23-16;3*3-2(4,5)1(6)7/h2-6,14-15H,7-12H2,1H3;3*(H,6,7)/t14-,15+;;;. The molecule has 0 amide bonds. The summed E-state index contributed by atoms with van der Waals surface area (Å²) >= 11 is 1.76. The van der Waals surface area contributed by atoms with Crippen LogP contribution in [0.1, 0.15) is 10.6 Å². The minimum Gasteiger partial charge on any atom is -0.481 e. The predicted octanol–water partition coefficient (Wildman–Crippen LogP) is 4.01. The van der Waals surface area contributed by atoms with Crippen molar-refractivity contribution in [2.45, 2.75) is 31.6 Å².